The molecule has 0 spiro atoms. The lowest BCUT2D eigenvalue weighted by Crippen LogP contribution is -2.37. The van der Waals surface area contributed by atoms with E-state index in [1.165, 1.54) is 6.33 Å². The molecule has 1 aromatic heterocycles. The molecule has 2 rings (SSSR count). The van der Waals surface area contributed by atoms with Crippen molar-refractivity contribution in [2.75, 3.05) is 0 Å². The highest BCUT2D eigenvalue weighted by Crippen LogP contribution is 2.21. The zero-order chi connectivity index (χ0) is 16.9. The van der Waals surface area contributed by atoms with Gasteiger partial charge in [-0.1, -0.05) is 32.9 Å². The van der Waals surface area contributed by atoms with Crippen molar-refractivity contribution in [2.45, 2.75) is 46.2 Å². The Morgan fingerprint density at radius 3 is 2.78 bits per heavy atom. The normalized spacial score (nSPS) is 13.0. The van der Waals surface area contributed by atoms with Gasteiger partial charge in [0.2, 0.25) is 0 Å². The van der Waals surface area contributed by atoms with Crippen molar-refractivity contribution in [2.24, 2.45) is 5.41 Å². The first-order valence-electron chi connectivity index (χ1n) is 7.75. The maximum Gasteiger partial charge on any atom is 0.320 e. The molecule has 0 aliphatic heterocycles. The number of rotatable bonds is 7. The summed E-state index contributed by atoms with van der Waals surface area (Å²) in [7, 11) is 0. The Morgan fingerprint density at radius 2 is 2.17 bits per heavy atom. The Morgan fingerprint density at radius 1 is 1.39 bits per heavy atom. The Hall–Kier alpha value is -2.21. The first kappa shape index (κ1) is 17.1. The Kier molecular flexibility index (Phi) is 5.50. The van der Waals surface area contributed by atoms with Gasteiger partial charge in [-0.3, -0.25) is 4.79 Å². The lowest BCUT2D eigenvalue weighted by Gasteiger charge is -2.21. The largest absolute Gasteiger partial charge is 0.480 e. The summed E-state index contributed by atoms with van der Waals surface area (Å²) < 4.78 is 1.68. The number of carboxylic acid groups (broad SMARTS) is 1. The highest BCUT2D eigenvalue weighted by atomic mass is 16.4. The molecule has 1 aromatic carbocycles. The zero-order valence-electron chi connectivity index (χ0n) is 13.9. The molecular formula is C17H24N4O2. The zero-order valence-corrected chi connectivity index (χ0v) is 13.9. The lowest BCUT2D eigenvalue weighted by atomic mass is 9.88. The van der Waals surface area contributed by atoms with Crippen molar-refractivity contribution < 1.29 is 9.90 Å². The topological polar surface area (TPSA) is 80.0 Å². The molecule has 1 heterocycles. The summed E-state index contributed by atoms with van der Waals surface area (Å²) in [5.74, 6) is -0.804. The van der Waals surface area contributed by atoms with Gasteiger partial charge >= 0.3 is 5.97 Å². The molecule has 0 radical (unpaired) electrons. The van der Waals surface area contributed by atoms with Crippen LogP contribution in [0.5, 0.6) is 0 Å². The molecule has 23 heavy (non-hydrogen) atoms. The van der Waals surface area contributed by atoms with E-state index >= 15 is 0 Å². The van der Waals surface area contributed by atoms with Crippen molar-refractivity contribution in [1.29, 1.82) is 0 Å². The Labute approximate surface area is 136 Å². The predicted molar refractivity (Wildman–Crippen MR) is 88.3 cm³/mol. The molecule has 2 aromatic rings. The van der Waals surface area contributed by atoms with Gasteiger partial charge in [0.25, 0.3) is 0 Å². The number of benzene rings is 1. The fraction of sp³-hybridized carbons (Fsp3) is 0.471. The molecule has 0 amide bonds. The summed E-state index contributed by atoms with van der Waals surface area (Å²) in [6, 6.07) is 7.27. The van der Waals surface area contributed by atoms with Crippen LogP contribution in [0, 0.1) is 5.41 Å². The van der Waals surface area contributed by atoms with Gasteiger partial charge in [0.05, 0.1) is 5.69 Å². The predicted octanol–water partition coefficient (Wildman–Crippen LogP) is 2.64. The van der Waals surface area contributed by atoms with E-state index in [-0.39, 0.29) is 5.41 Å². The average molecular weight is 316 g/mol. The molecule has 2 N–H and O–H groups in total. The number of hydrogen-bond donors (Lipinski definition) is 2. The molecule has 0 saturated heterocycles. The third-order valence-corrected chi connectivity index (χ3v) is 3.63. The molecule has 0 bridgehead atoms. The second kappa shape index (κ2) is 7.37. The van der Waals surface area contributed by atoms with Gasteiger partial charge in [-0.2, -0.15) is 5.10 Å². The molecule has 1 atom stereocenters. The van der Waals surface area contributed by atoms with Gasteiger partial charge in [-0.25, -0.2) is 9.67 Å². The summed E-state index contributed by atoms with van der Waals surface area (Å²) in [4.78, 5) is 15.3. The highest BCUT2D eigenvalue weighted by Gasteiger charge is 2.20. The number of aliphatic carboxylic acids is 1. The van der Waals surface area contributed by atoms with Crippen molar-refractivity contribution in [3.8, 4) is 5.69 Å². The molecule has 0 aliphatic rings. The summed E-state index contributed by atoms with van der Waals surface area (Å²) in [5, 5.41) is 16.6. The molecule has 124 valence electrons. The number of hydrogen-bond acceptors (Lipinski definition) is 4. The number of carboxylic acids is 1. The van der Waals surface area contributed by atoms with Crippen LogP contribution in [-0.4, -0.2) is 31.9 Å². The van der Waals surface area contributed by atoms with Crippen molar-refractivity contribution in [1.82, 2.24) is 20.1 Å². The van der Waals surface area contributed by atoms with E-state index in [1.807, 2.05) is 24.3 Å². The Balaban J connectivity index is 1.98. The van der Waals surface area contributed by atoms with Crippen LogP contribution >= 0.6 is 0 Å². The summed E-state index contributed by atoms with van der Waals surface area (Å²) >= 11 is 0. The van der Waals surface area contributed by atoms with Gasteiger partial charge in [-0.05, 0) is 36.0 Å². The van der Waals surface area contributed by atoms with Gasteiger partial charge in [0, 0.05) is 6.54 Å². The fourth-order valence-corrected chi connectivity index (χ4v) is 2.28. The maximum absolute atomic E-state index is 11.4. The first-order chi connectivity index (χ1) is 10.8. The average Bonchev–Trinajstić information content (AvgIpc) is 3.00. The van der Waals surface area contributed by atoms with Crippen LogP contribution in [0.25, 0.3) is 5.69 Å². The number of nitrogens with one attached hydrogen (secondary N) is 1. The van der Waals surface area contributed by atoms with Crippen LogP contribution in [0.3, 0.4) is 0 Å². The van der Waals surface area contributed by atoms with Crippen LogP contribution in [0.4, 0.5) is 0 Å². The minimum Gasteiger partial charge on any atom is -0.480 e. The van der Waals surface area contributed by atoms with Gasteiger partial charge in [0.15, 0.2) is 0 Å². The Bertz CT molecular complexity index is 632. The van der Waals surface area contributed by atoms with E-state index in [9.17, 15) is 9.90 Å². The van der Waals surface area contributed by atoms with Crippen molar-refractivity contribution in [3.63, 3.8) is 0 Å². The summed E-state index contributed by atoms with van der Waals surface area (Å²) in [6.07, 6.45) is 4.59. The number of aromatic nitrogens is 3. The molecule has 1 unspecified atom stereocenters. The van der Waals surface area contributed by atoms with E-state index in [1.54, 1.807) is 11.0 Å². The lowest BCUT2D eigenvalue weighted by molar-refractivity contribution is -0.139. The fourth-order valence-electron chi connectivity index (χ4n) is 2.28. The van der Waals surface area contributed by atoms with Crippen LogP contribution in [0.15, 0.2) is 36.9 Å². The first-order valence-corrected chi connectivity index (χ1v) is 7.75. The van der Waals surface area contributed by atoms with E-state index in [0.29, 0.717) is 13.0 Å². The van der Waals surface area contributed by atoms with Gasteiger partial charge in [-0.15, -0.1) is 0 Å². The molecule has 0 aliphatic carbocycles. The van der Waals surface area contributed by atoms with E-state index in [4.69, 9.17) is 0 Å². The minimum atomic E-state index is -0.804. The van der Waals surface area contributed by atoms with Crippen LogP contribution in [0.2, 0.25) is 0 Å². The van der Waals surface area contributed by atoms with Gasteiger partial charge in [0.1, 0.15) is 18.7 Å². The van der Waals surface area contributed by atoms with E-state index in [2.05, 4.69) is 36.2 Å². The standard InChI is InChI=1S/C17H24N4O2/c1-17(2,3)8-7-15(16(22)23)19-10-13-5-4-6-14(9-13)21-12-18-11-20-21/h4-6,9,11-12,15,19H,7-8,10H2,1-3H3,(H,22,23). The second-order valence-electron chi connectivity index (χ2n) is 6.88. The number of carbonyl (C=O) groups is 1. The third-order valence-electron chi connectivity index (χ3n) is 3.63. The van der Waals surface area contributed by atoms with Crippen LogP contribution in [0.1, 0.15) is 39.2 Å². The second-order valence-corrected chi connectivity index (χ2v) is 6.88. The maximum atomic E-state index is 11.4. The van der Waals surface area contributed by atoms with Crippen LogP contribution in [-0.2, 0) is 11.3 Å². The molecule has 6 nitrogen and oxygen atoms in total. The smallest absolute Gasteiger partial charge is 0.320 e. The summed E-state index contributed by atoms with van der Waals surface area (Å²) in [5.41, 5.74) is 2.05. The van der Waals surface area contributed by atoms with Crippen molar-refractivity contribution in [3.05, 3.63) is 42.5 Å². The third kappa shape index (κ3) is 5.49. The van der Waals surface area contributed by atoms with E-state index < -0.39 is 12.0 Å². The molecule has 0 fully saturated rings. The highest BCUT2D eigenvalue weighted by molar-refractivity contribution is 5.73. The van der Waals surface area contributed by atoms with Crippen molar-refractivity contribution >= 4 is 5.97 Å². The molecular weight excluding hydrogens is 292 g/mol. The quantitative estimate of drug-likeness (QED) is 0.821. The molecule has 6 heteroatoms. The monoisotopic (exact) mass is 316 g/mol. The minimum absolute atomic E-state index is 0.127. The number of nitrogens with zero attached hydrogens (tertiary/aromatic N) is 3. The SMILES string of the molecule is CC(C)(C)CCC(NCc1cccc(-n2cncn2)c1)C(=O)O. The summed E-state index contributed by atoms with van der Waals surface area (Å²) in [6.45, 7) is 6.86. The van der Waals surface area contributed by atoms with E-state index in [0.717, 1.165) is 17.7 Å². The van der Waals surface area contributed by atoms with Gasteiger partial charge < -0.3 is 10.4 Å². The van der Waals surface area contributed by atoms with Crippen LogP contribution < -0.4 is 5.32 Å². The molecule has 0 saturated carbocycles.